The van der Waals surface area contributed by atoms with Crippen LogP contribution in [0.3, 0.4) is 0 Å². The minimum absolute atomic E-state index is 0.149. The van der Waals surface area contributed by atoms with Crippen LogP contribution in [0, 0.1) is 11.8 Å². The molecule has 0 radical (unpaired) electrons. The van der Waals surface area contributed by atoms with Crippen LogP contribution in [0.1, 0.15) is 149 Å². The predicted molar refractivity (Wildman–Crippen MR) is 249 cm³/mol. The van der Waals surface area contributed by atoms with Gasteiger partial charge < -0.3 is 4.90 Å². The summed E-state index contributed by atoms with van der Waals surface area (Å²) < 4.78 is 0. The SMILES string of the molecule is CC1(C)c2cc(N(c3ccc(-c4ccc(C5CC6CCC5C6)cc4)cc3)c3ccc(C4CCCCC4)cc3)ccc2-c2cccc(-c3ccc(C4CCCCC4)cc3)c21. The first-order valence-electron chi connectivity index (χ1n) is 23.5. The molecule has 0 spiro atoms. The quantitative estimate of drug-likeness (QED) is 0.149. The molecule has 0 heterocycles. The first kappa shape index (κ1) is 37.1. The van der Waals surface area contributed by atoms with Crippen molar-refractivity contribution in [3.05, 3.63) is 161 Å². The van der Waals surface area contributed by atoms with Crippen molar-refractivity contribution in [3.8, 4) is 33.4 Å². The summed E-state index contributed by atoms with van der Waals surface area (Å²) in [7, 11) is 0. The van der Waals surface area contributed by atoms with Crippen molar-refractivity contribution in [1.82, 2.24) is 0 Å². The molecule has 298 valence electrons. The van der Waals surface area contributed by atoms with Crippen LogP contribution in [0.2, 0.25) is 0 Å². The Morgan fingerprint density at radius 3 is 1.56 bits per heavy atom. The molecule has 4 fully saturated rings. The van der Waals surface area contributed by atoms with E-state index in [2.05, 4.69) is 152 Å². The first-order valence-corrected chi connectivity index (χ1v) is 23.5. The number of fused-ring (bicyclic) bond motifs is 5. The zero-order chi connectivity index (χ0) is 39.5. The van der Waals surface area contributed by atoms with Gasteiger partial charge in [0, 0.05) is 22.5 Å². The van der Waals surface area contributed by atoms with Crippen molar-refractivity contribution in [2.24, 2.45) is 11.8 Å². The fourth-order valence-corrected chi connectivity index (χ4v) is 12.8. The molecule has 5 aliphatic carbocycles. The van der Waals surface area contributed by atoms with Crippen molar-refractivity contribution in [1.29, 1.82) is 0 Å². The average Bonchev–Trinajstić information content (AvgIpc) is 4.00. The second-order valence-electron chi connectivity index (χ2n) is 19.8. The van der Waals surface area contributed by atoms with Gasteiger partial charge in [-0.3, -0.25) is 0 Å². The van der Waals surface area contributed by atoms with E-state index in [1.807, 2.05) is 0 Å². The number of hydrogen-bond donors (Lipinski definition) is 0. The van der Waals surface area contributed by atoms with Gasteiger partial charge in [-0.1, -0.05) is 156 Å². The van der Waals surface area contributed by atoms with Gasteiger partial charge in [0.25, 0.3) is 0 Å². The zero-order valence-corrected chi connectivity index (χ0v) is 35.4. The molecule has 0 amide bonds. The lowest BCUT2D eigenvalue weighted by Gasteiger charge is -2.29. The van der Waals surface area contributed by atoms with E-state index in [0.717, 1.165) is 23.7 Å². The summed E-state index contributed by atoms with van der Waals surface area (Å²) in [6.07, 6.45) is 19.3. The number of benzene rings is 6. The topological polar surface area (TPSA) is 3.24 Å². The normalized spacial score (nSPS) is 22.3. The Balaban J connectivity index is 0.928. The smallest absolute Gasteiger partial charge is 0.0465 e. The third-order valence-corrected chi connectivity index (χ3v) is 16.0. The molecule has 4 saturated carbocycles. The summed E-state index contributed by atoms with van der Waals surface area (Å²) in [5.41, 5.74) is 19.0. The summed E-state index contributed by atoms with van der Waals surface area (Å²) in [6.45, 7) is 4.89. The zero-order valence-electron chi connectivity index (χ0n) is 35.4. The highest BCUT2D eigenvalue weighted by Gasteiger charge is 2.40. The van der Waals surface area contributed by atoms with Gasteiger partial charge in [-0.05, 0) is 172 Å². The Hall–Kier alpha value is -4.88. The van der Waals surface area contributed by atoms with Gasteiger partial charge in [-0.2, -0.15) is 0 Å². The van der Waals surface area contributed by atoms with Crippen molar-refractivity contribution in [3.63, 3.8) is 0 Å². The Morgan fingerprint density at radius 1 is 0.441 bits per heavy atom. The summed E-state index contributed by atoms with van der Waals surface area (Å²) in [5.74, 6) is 4.08. The van der Waals surface area contributed by atoms with Gasteiger partial charge in [0.15, 0.2) is 0 Å². The molecule has 0 aromatic heterocycles. The highest BCUT2D eigenvalue weighted by atomic mass is 15.1. The van der Waals surface area contributed by atoms with Crippen molar-refractivity contribution < 1.29 is 0 Å². The molecule has 6 aromatic rings. The minimum atomic E-state index is -0.149. The highest BCUT2D eigenvalue weighted by molar-refractivity contribution is 5.90. The molecule has 2 bridgehead atoms. The Labute approximate surface area is 353 Å². The number of anilines is 3. The second-order valence-corrected chi connectivity index (χ2v) is 19.8. The summed E-state index contributed by atoms with van der Waals surface area (Å²) in [6, 6.07) is 52.5. The fourth-order valence-electron chi connectivity index (χ4n) is 12.8. The van der Waals surface area contributed by atoms with Gasteiger partial charge in [-0.25, -0.2) is 0 Å². The van der Waals surface area contributed by atoms with E-state index in [4.69, 9.17) is 0 Å². The van der Waals surface area contributed by atoms with Crippen LogP contribution in [-0.4, -0.2) is 0 Å². The number of rotatable bonds is 8. The molecule has 1 nitrogen and oxygen atoms in total. The molecule has 59 heavy (non-hydrogen) atoms. The molecule has 5 aliphatic rings. The molecule has 3 atom stereocenters. The van der Waals surface area contributed by atoms with Crippen LogP contribution >= 0.6 is 0 Å². The maximum Gasteiger partial charge on any atom is 0.0465 e. The molecule has 0 N–H and O–H groups in total. The molecular formula is C58H61N. The maximum absolute atomic E-state index is 2.50. The highest BCUT2D eigenvalue weighted by Crippen LogP contribution is 2.55. The largest absolute Gasteiger partial charge is 0.310 e. The van der Waals surface area contributed by atoms with Crippen LogP contribution in [0.4, 0.5) is 17.1 Å². The molecular weight excluding hydrogens is 711 g/mol. The average molecular weight is 772 g/mol. The van der Waals surface area contributed by atoms with Gasteiger partial charge in [-0.15, -0.1) is 0 Å². The summed E-state index contributed by atoms with van der Waals surface area (Å²) >= 11 is 0. The standard InChI is InChI=1S/C58H61N/c1-58(2)56-38-51(34-35-53(56)54-15-9-14-52(57(54)58)46-22-18-42(19-23-46)40-10-5-3-6-11-40)59(49-30-26-44(27-31-49)41-12-7-4-8-13-41)50-32-28-45(29-33-50)43-20-24-47(25-21-43)55-37-39-16-17-48(55)36-39/h9,14-15,18-35,38-41,48,55H,3-8,10-13,16-17,36-37H2,1-2H3. The van der Waals surface area contributed by atoms with Crippen LogP contribution in [0.25, 0.3) is 33.4 Å². The lowest BCUT2D eigenvalue weighted by Crippen LogP contribution is -2.17. The van der Waals surface area contributed by atoms with Crippen molar-refractivity contribution in [2.45, 2.75) is 127 Å². The van der Waals surface area contributed by atoms with Crippen molar-refractivity contribution in [2.75, 3.05) is 4.90 Å². The Kier molecular flexibility index (Phi) is 9.63. The molecule has 6 aromatic carbocycles. The van der Waals surface area contributed by atoms with E-state index in [9.17, 15) is 0 Å². The maximum atomic E-state index is 2.50. The van der Waals surface area contributed by atoms with E-state index in [0.29, 0.717) is 5.92 Å². The monoisotopic (exact) mass is 771 g/mol. The van der Waals surface area contributed by atoms with E-state index in [1.54, 1.807) is 5.56 Å². The second kappa shape index (κ2) is 15.3. The molecule has 0 saturated heterocycles. The number of hydrogen-bond acceptors (Lipinski definition) is 1. The molecule has 11 rings (SSSR count). The first-order chi connectivity index (χ1) is 29.0. The van der Waals surface area contributed by atoms with Gasteiger partial charge in [0.2, 0.25) is 0 Å². The van der Waals surface area contributed by atoms with Crippen LogP contribution in [0.15, 0.2) is 133 Å². The predicted octanol–water partition coefficient (Wildman–Crippen LogP) is 16.8. The van der Waals surface area contributed by atoms with Gasteiger partial charge in [0.1, 0.15) is 0 Å². The molecule has 3 unspecified atom stereocenters. The fraction of sp³-hybridized carbons (Fsp3) is 0.379. The third-order valence-electron chi connectivity index (χ3n) is 16.0. The lowest BCUT2D eigenvalue weighted by molar-refractivity contribution is 0.420. The van der Waals surface area contributed by atoms with Gasteiger partial charge >= 0.3 is 0 Å². The summed E-state index contributed by atoms with van der Waals surface area (Å²) in [4.78, 5) is 2.50. The van der Waals surface area contributed by atoms with Gasteiger partial charge in [0.05, 0.1) is 0 Å². The Bertz CT molecular complexity index is 2420. The van der Waals surface area contributed by atoms with E-state index in [1.165, 1.54) is 163 Å². The van der Waals surface area contributed by atoms with E-state index >= 15 is 0 Å². The molecule has 1 heteroatoms. The van der Waals surface area contributed by atoms with Crippen LogP contribution < -0.4 is 4.90 Å². The van der Waals surface area contributed by atoms with E-state index in [-0.39, 0.29) is 5.41 Å². The minimum Gasteiger partial charge on any atom is -0.310 e. The van der Waals surface area contributed by atoms with Crippen LogP contribution in [-0.2, 0) is 5.41 Å². The number of nitrogens with zero attached hydrogens (tertiary/aromatic N) is 1. The third kappa shape index (κ3) is 6.78. The van der Waals surface area contributed by atoms with E-state index < -0.39 is 0 Å². The van der Waals surface area contributed by atoms with Crippen LogP contribution in [0.5, 0.6) is 0 Å². The van der Waals surface area contributed by atoms with Crippen molar-refractivity contribution >= 4 is 17.1 Å². The lowest BCUT2D eigenvalue weighted by atomic mass is 9.78. The Morgan fingerprint density at radius 2 is 0.966 bits per heavy atom. The molecule has 0 aliphatic heterocycles. The summed E-state index contributed by atoms with van der Waals surface area (Å²) in [5, 5.41) is 0.